The van der Waals surface area contributed by atoms with Gasteiger partial charge in [0.2, 0.25) is 0 Å². The Morgan fingerprint density at radius 3 is 2.46 bits per heavy atom. The topological polar surface area (TPSA) is 89.4 Å². The highest BCUT2D eigenvalue weighted by Gasteiger charge is 2.35. The summed E-state index contributed by atoms with van der Waals surface area (Å²) in [5, 5.41) is 10.8. The molecule has 1 aliphatic heterocycles. The van der Waals surface area contributed by atoms with Gasteiger partial charge in [0.05, 0.1) is 34.0 Å². The molecule has 46 heavy (non-hydrogen) atoms. The van der Waals surface area contributed by atoms with Crippen molar-refractivity contribution in [3.05, 3.63) is 130 Å². The monoisotopic (exact) mass is 664 g/mol. The number of carbonyl (C=O) groups is 1. The van der Waals surface area contributed by atoms with Crippen molar-refractivity contribution in [3.63, 3.8) is 0 Å². The van der Waals surface area contributed by atoms with Gasteiger partial charge in [-0.3, -0.25) is 9.36 Å². The standard InChI is InChI=1S/C36H32N4O3S3/c1-7-43-35(42)30-31(24-11-9-8-10-12-24)38-36-40(32(30)25-13-15-27(44-6)16-14-25)33(41)29(46-36)18-26-17-20(2)39(22(26)4)34-28(19-37)21(3)23(5)45-34/h8-18,32H,7H2,1-6H3/b29-18+/t32-/m0/s1. The van der Waals surface area contributed by atoms with Crippen molar-refractivity contribution in [3.8, 4) is 11.1 Å². The zero-order valence-corrected chi connectivity index (χ0v) is 28.8. The highest BCUT2D eigenvalue weighted by atomic mass is 32.2. The first-order valence-corrected chi connectivity index (χ1v) is 17.7. The lowest BCUT2D eigenvalue weighted by atomic mass is 9.93. The SMILES string of the molecule is CCOC(=O)C1=C(c2ccccc2)N=c2s/c(=C/c3cc(C)n(-c4sc(C)c(C)c4C#N)c3C)c(=O)n2[C@H]1c1ccc(SC)cc1. The van der Waals surface area contributed by atoms with Gasteiger partial charge >= 0.3 is 5.97 Å². The van der Waals surface area contributed by atoms with Gasteiger partial charge in [-0.25, -0.2) is 9.79 Å². The Morgan fingerprint density at radius 1 is 1.09 bits per heavy atom. The van der Waals surface area contributed by atoms with Crippen LogP contribution in [0.2, 0.25) is 0 Å². The summed E-state index contributed by atoms with van der Waals surface area (Å²) in [6.45, 7) is 9.98. The molecule has 0 saturated heterocycles. The lowest BCUT2D eigenvalue weighted by molar-refractivity contribution is -0.138. The fourth-order valence-corrected chi connectivity index (χ4v) is 8.45. The van der Waals surface area contributed by atoms with Crippen LogP contribution < -0.4 is 14.9 Å². The second-order valence-electron chi connectivity index (χ2n) is 10.9. The van der Waals surface area contributed by atoms with Gasteiger partial charge in [0.1, 0.15) is 11.1 Å². The molecule has 0 radical (unpaired) electrons. The number of hydrogen-bond acceptors (Lipinski definition) is 8. The van der Waals surface area contributed by atoms with E-state index in [1.165, 1.54) is 11.3 Å². The molecule has 10 heteroatoms. The van der Waals surface area contributed by atoms with Gasteiger partial charge < -0.3 is 9.30 Å². The molecule has 232 valence electrons. The molecule has 0 unspecified atom stereocenters. The van der Waals surface area contributed by atoms with Crippen molar-refractivity contribution in [1.82, 2.24) is 9.13 Å². The maximum atomic E-state index is 14.4. The van der Waals surface area contributed by atoms with Gasteiger partial charge in [0.25, 0.3) is 5.56 Å². The summed E-state index contributed by atoms with van der Waals surface area (Å²) in [5.41, 5.74) is 6.59. The summed E-state index contributed by atoms with van der Waals surface area (Å²) in [5.74, 6) is -0.503. The van der Waals surface area contributed by atoms with Crippen molar-refractivity contribution in [2.45, 2.75) is 45.6 Å². The van der Waals surface area contributed by atoms with Crippen LogP contribution in [0.25, 0.3) is 16.8 Å². The summed E-state index contributed by atoms with van der Waals surface area (Å²) in [7, 11) is 0. The number of rotatable bonds is 7. The van der Waals surface area contributed by atoms with E-state index in [4.69, 9.17) is 9.73 Å². The third-order valence-corrected chi connectivity index (χ3v) is 11.2. The van der Waals surface area contributed by atoms with Crippen molar-refractivity contribution in [1.29, 1.82) is 5.26 Å². The molecule has 1 atom stereocenters. The minimum absolute atomic E-state index is 0.194. The number of ether oxygens (including phenoxy) is 1. The Hall–Kier alpha value is -4.43. The van der Waals surface area contributed by atoms with E-state index < -0.39 is 12.0 Å². The molecular formula is C36H32N4O3S3. The zero-order chi connectivity index (χ0) is 32.7. The number of esters is 1. The predicted molar refractivity (Wildman–Crippen MR) is 187 cm³/mol. The molecule has 7 nitrogen and oxygen atoms in total. The molecule has 1 aliphatic rings. The van der Waals surface area contributed by atoms with E-state index in [-0.39, 0.29) is 12.2 Å². The van der Waals surface area contributed by atoms with Crippen LogP contribution in [-0.2, 0) is 9.53 Å². The number of nitrogens with zero attached hydrogens (tertiary/aromatic N) is 4. The highest BCUT2D eigenvalue weighted by molar-refractivity contribution is 7.98. The Morgan fingerprint density at radius 2 is 1.80 bits per heavy atom. The molecule has 0 fully saturated rings. The van der Waals surface area contributed by atoms with E-state index in [1.807, 2.05) is 101 Å². The molecular weight excluding hydrogens is 633 g/mol. The number of hydrogen-bond donors (Lipinski definition) is 0. The third-order valence-electron chi connectivity index (χ3n) is 8.24. The normalized spacial score (nSPS) is 14.6. The second kappa shape index (κ2) is 12.8. The summed E-state index contributed by atoms with van der Waals surface area (Å²) in [6.07, 6.45) is 3.90. The van der Waals surface area contributed by atoms with Crippen LogP contribution in [0.4, 0.5) is 0 Å². The highest BCUT2D eigenvalue weighted by Crippen LogP contribution is 2.36. The van der Waals surface area contributed by atoms with Gasteiger partial charge in [0, 0.05) is 26.7 Å². The molecule has 0 saturated carbocycles. The number of thiazole rings is 1. The van der Waals surface area contributed by atoms with Crippen LogP contribution in [0, 0.1) is 39.0 Å². The molecule has 3 aromatic heterocycles. The first-order chi connectivity index (χ1) is 22.2. The van der Waals surface area contributed by atoms with Gasteiger partial charge in [0.15, 0.2) is 4.80 Å². The number of aromatic nitrogens is 2. The van der Waals surface area contributed by atoms with Crippen LogP contribution in [0.1, 0.15) is 57.0 Å². The number of nitriles is 1. The number of thiophene rings is 1. The Bertz CT molecular complexity index is 2250. The molecule has 4 heterocycles. The average Bonchev–Trinajstić information content (AvgIpc) is 3.64. The molecule has 6 rings (SSSR count). The Kier molecular flexibility index (Phi) is 8.75. The largest absolute Gasteiger partial charge is 0.463 e. The van der Waals surface area contributed by atoms with E-state index >= 15 is 0 Å². The third kappa shape index (κ3) is 5.38. The first-order valence-electron chi connectivity index (χ1n) is 14.8. The lowest BCUT2D eigenvalue weighted by Gasteiger charge is -2.26. The van der Waals surface area contributed by atoms with E-state index in [0.717, 1.165) is 48.4 Å². The smallest absolute Gasteiger partial charge is 0.338 e. The van der Waals surface area contributed by atoms with E-state index in [0.29, 0.717) is 26.2 Å². The van der Waals surface area contributed by atoms with Crippen LogP contribution in [0.3, 0.4) is 0 Å². The molecule has 0 spiro atoms. The Balaban J connectivity index is 1.60. The summed E-state index contributed by atoms with van der Waals surface area (Å²) in [4.78, 5) is 35.7. The summed E-state index contributed by atoms with van der Waals surface area (Å²) in [6, 6.07) is 21.2. The van der Waals surface area contributed by atoms with Crippen molar-refractivity contribution < 1.29 is 9.53 Å². The number of carbonyl (C=O) groups excluding carboxylic acids is 1. The van der Waals surface area contributed by atoms with E-state index in [9.17, 15) is 14.9 Å². The van der Waals surface area contributed by atoms with Crippen molar-refractivity contribution in [2.75, 3.05) is 12.9 Å². The number of benzene rings is 2. The quantitative estimate of drug-likeness (QED) is 0.144. The van der Waals surface area contributed by atoms with Crippen LogP contribution in [-0.4, -0.2) is 28.0 Å². The molecule has 5 aromatic rings. The fraction of sp³-hybridized carbons (Fsp3) is 0.222. The predicted octanol–water partition coefficient (Wildman–Crippen LogP) is 6.62. The summed E-state index contributed by atoms with van der Waals surface area (Å²) >= 11 is 4.52. The number of thioether (sulfide) groups is 1. The number of aryl methyl sites for hydroxylation is 2. The average molecular weight is 665 g/mol. The lowest BCUT2D eigenvalue weighted by Crippen LogP contribution is -2.40. The van der Waals surface area contributed by atoms with Crippen molar-refractivity contribution in [2.24, 2.45) is 4.99 Å². The molecule has 0 N–H and O–H groups in total. The Labute approximate surface area is 279 Å². The minimum Gasteiger partial charge on any atom is -0.463 e. The number of fused-ring (bicyclic) bond motifs is 1. The molecule has 0 bridgehead atoms. The fourth-order valence-electron chi connectivity index (χ4n) is 5.83. The van der Waals surface area contributed by atoms with Crippen molar-refractivity contribution >= 4 is 52.2 Å². The van der Waals surface area contributed by atoms with E-state index in [2.05, 4.69) is 10.6 Å². The molecule has 0 aliphatic carbocycles. The van der Waals surface area contributed by atoms with E-state index in [1.54, 1.807) is 34.6 Å². The van der Waals surface area contributed by atoms with Gasteiger partial charge in [-0.2, -0.15) is 5.26 Å². The van der Waals surface area contributed by atoms with Crippen LogP contribution in [0.15, 0.2) is 80.9 Å². The van der Waals surface area contributed by atoms with Crippen LogP contribution >= 0.6 is 34.4 Å². The maximum absolute atomic E-state index is 14.4. The molecule has 0 amide bonds. The maximum Gasteiger partial charge on any atom is 0.338 e. The summed E-state index contributed by atoms with van der Waals surface area (Å²) < 4.78 is 9.80. The first kappa shape index (κ1) is 31.5. The van der Waals surface area contributed by atoms with Gasteiger partial charge in [-0.15, -0.1) is 23.1 Å². The van der Waals surface area contributed by atoms with Gasteiger partial charge in [-0.05, 0) is 81.8 Å². The second-order valence-corrected chi connectivity index (χ2v) is 14.0. The minimum atomic E-state index is -0.730. The van der Waals surface area contributed by atoms with Crippen LogP contribution in [0.5, 0.6) is 0 Å². The van der Waals surface area contributed by atoms with Gasteiger partial charge in [-0.1, -0.05) is 53.8 Å². The molecule has 2 aromatic carbocycles. The zero-order valence-electron chi connectivity index (χ0n) is 26.4.